The van der Waals surface area contributed by atoms with E-state index in [4.69, 9.17) is 5.84 Å². The van der Waals surface area contributed by atoms with E-state index in [0.29, 0.717) is 12.5 Å². The van der Waals surface area contributed by atoms with Crippen LogP contribution in [0.2, 0.25) is 0 Å². The van der Waals surface area contributed by atoms with Crippen molar-refractivity contribution in [3.63, 3.8) is 0 Å². The normalized spacial score (nSPS) is 15.9. The Balaban J connectivity index is 2.36. The zero-order chi connectivity index (χ0) is 14.7. The summed E-state index contributed by atoms with van der Waals surface area (Å²) in [6.07, 6.45) is 4.33. The minimum Gasteiger partial charge on any atom is -0.351 e. The van der Waals surface area contributed by atoms with Crippen molar-refractivity contribution in [2.24, 2.45) is 11.8 Å². The molecule has 1 aromatic rings. The molecule has 1 saturated carbocycles. The Morgan fingerprint density at radius 3 is 2.55 bits per heavy atom. The SMILES string of the molecule is CC(C)CN(c1nc(NN)c(F)cc1F)C1CCCC1. The number of nitrogens with one attached hydrogen (secondary N) is 1. The number of pyridine rings is 1. The maximum atomic E-state index is 14.1. The van der Waals surface area contributed by atoms with Crippen LogP contribution >= 0.6 is 0 Å². The van der Waals surface area contributed by atoms with E-state index in [2.05, 4.69) is 24.3 Å². The van der Waals surface area contributed by atoms with Crippen LogP contribution in [0.5, 0.6) is 0 Å². The fraction of sp³-hybridized carbons (Fsp3) is 0.643. The summed E-state index contributed by atoms with van der Waals surface area (Å²) in [6.45, 7) is 4.85. The number of rotatable bonds is 5. The Morgan fingerprint density at radius 2 is 2.00 bits per heavy atom. The van der Waals surface area contributed by atoms with E-state index in [1.165, 1.54) is 0 Å². The molecule has 20 heavy (non-hydrogen) atoms. The Morgan fingerprint density at radius 1 is 1.35 bits per heavy atom. The first-order chi connectivity index (χ1) is 9.52. The van der Waals surface area contributed by atoms with Crippen LogP contribution in [-0.2, 0) is 0 Å². The third-order valence-corrected chi connectivity index (χ3v) is 3.65. The van der Waals surface area contributed by atoms with Crippen molar-refractivity contribution >= 4 is 11.6 Å². The predicted octanol–water partition coefficient (Wildman–Crippen LogP) is 3.05. The van der Waals surface area contributed by atoms with Crippen LogP contribution in [0.25, 0.3) is 0 Å². The average molecular weight is 284 g/mol. The van der Waals surface area contributed by atoms with Crippen molar-refractivity contribution in [2.75, 3.05) is 16.9 Å². The zero-order valence-corrected chi connectivity index (χ0v) is 12.0. The molecule has 0 bridgehead atoms. The highest BCUT2D eigenvalue weighted by atomic mass is 19.1. The van der Waals surface area contributed by atoms with Crippen LogP contribution in [0, 0.1) is 17.6 Å². The van der Waals surface area contributed by atoms with Crippen molar-refractivity contribution in [2.45, 2.75) is 45.6 Å². The van der Waals surface area contributed by atoms with E-state index in [0.717, 1.165) is 31.7 Å². The zero-order valence-electron chi connectivity index (χ0n) is 12.0. The second-order valence-electron chi connectivity index (χ2n) is 5.75. The third kappa shape index (κ3) is 3.17. The van der Waals surface area contributed by atoms with Crippen LogP contribution in [0.4, 0.5) is 20.4 Å². The Bertz CT molecular complexity index is 459. The van der Waals surface area contributed by atoms with Gasteiger partial charge in [-0.05, 0) is 18.8 Å². The molecule has 4 nitrogen and oxygen atoms in total. The topological polar surface area (TPSA) is 54.2 Å². The molecule has 1 fully saturated rings. The summed E-state index contributed by atoms with van der Waals surface area (Å²) < 4.78 is 27.6. The van der Waals surface area contributed by atoms with Gasteiger partial charge >= 0.3 is 0 Å². The van der Waals surface area contributed by atoms with Gasteiger partial charge in [-0.1, -0.05) is 26.7 Å². The number of hydrogen-bond acceptors (Lipinski definition) is 4. The molecule has 6 heteroatoms. The van der Waals surface area contributed by atoms with Crippen molar-refractivity contribution in [1.82, 2.24) is 4.98 Å². The molecule has 3 N–H and O–H groups in total. The summed E-state index contributed by atoms with van der Waals surface area (Å²) in [5.74, 6) is 4.28. The van der Waals surface area contributed by atoms with Crippen molar-refractivity contribution in [1.29, 1.82) is 0 Å². The van der Waals surface area contributed by atoms with Gasteiger partial charge < -0.3 is 10.3 Å². The molecule has 1 heterocycles. The van der Waals surface area contributed by atoms with Crippen LogP contribution in [0.15, 0.2) is 6.07 Å². The van der Waals surface area contributed by atoms with E-state index in [-0.39, 0.29) is 17.7 Å². The molecular weight excluding hydrogens is 262 g/mol. The lowest BCUT2D eigenvalue weighted by molar-refractivity contribution is 0.508. The number of hydrogen-bond donors (Lipinski definition) is 2. The van der Waals surface area contributed by atoms with Gasteiger partial charge in [-0.25, -0.2) is 19.6 Å². The van der Waals surface area contributed by atoms with Crippen molar-refractivity contribution in [3.8, 4) is 0 Å². The molecule has 0 radical (unpaired) electrons. The van der Waals surface area contributed by atoms with Crippen LogP contribution in [-0.4, -0.2) is 17.6 Å². The monoisotopic (exact) mass is 284 g/mol. The van der Waals surface area contributed by atoms with Crippen molar-refractivity contribution in [3.05, 3.63) is 17.7 Å². The van der Waals surface area contributed by atoms with Gasteiger partial charge in [0, 0.05) is 18.7 Å². The largest absolute Gasteiger partial charge is 0.351 e. The first-order valence-electron chi connectivity index (χ1n) is 7.12. The van der Waals surface area contributed by atoms with E-state index in [1.807, 2.05) is 4.90 Å². The number of hydrazine groups is 1. The maximum absolute atomic E-state index is 14.1. The number of nitrogen functional groups attached to an aromatic ring is 1. The molecular formula is C14H22F2N4. The smallest absolute Gasteiger partial charge is 0.178 e. The Kier molecular flexibility index (Phi) is 4.75. The molecule has 0 aliphatic heterocycles. The van der Waals surface area contributed by atoms with E-state index in [9.17, 15) is 8.78 Å². The summed E-state index contributed by atoms with van der Waals surface area (Å²) in [6, 6.07) is 1.12. The van der Waals surface area contributed by atoms with Gasteiger partial charge in [0.1, 0.15) is 0 Å². The van der Waals surface area contributed by atoms with Gasteiger partial charge in [0.2, 0.25) is 0 Å². The van der Waals surface area contributed by atoms with Gasteiger partial charge in [-0.3, -0.25) is 0 Å². The molecule has 1 aliphatic rings. The maximum Gasteiger partial charge on any atom is 0.178 e. The first-order valence-corrected chi connectivity index (χ1v) is 7.12. The molecule has 0 amide bonds. The van der Waals surface area contributed by atoms with E-state index in [1.54, 1.807) is 0 Å². The summed E-state index contributed by atoms with van der Waals surface area (Å²) in [4.78, 5) is 5.99. The number of nitrogens with two attached hydrogens (primary N) is 1. The van der Waals surface area contributed by atoms with Gasteiger partial charge in [0.25, 0.3) is 0 Å². The summed E-state index contributed by atoms with van der Waals surface area (Å²) in [5.41, 5.74) is 2.18. The molecule has 1 aliphatic carbocycles. The minimum atomic E-state index is -0.773. The minimum absolute atomic E-state index is 0.117. The Labute approximate surface area is 118 Å². The lowest BCUT2D eigenvalue weighted by Crippen LogP contribution is -2.38. The molecule has 0 unspecified atom stereocenters. The van der Waals surface area contributed by atoms with Crippen LogP contribution < -0.4 is 16.2 Å². The third-order valence-electron chi connectivity index (χ3n) is 3.65. The van der Waals surface area contributed by atoms with Gasteiger partial charge in [0.05, 0.1) is 0 Å². The number of halogens is 2. The van der Waals surface area contributed by atoms with Crippen LogP contribution in [0.3, 0.4) is 0 Å². The fourth-order valence-electron chi connectivity index (χ4n) is 2.78. The summed E-state index contributed by atoms with van der Waals surface area (Å²) in [7, 11) is 0. The summed E-state index contributed by atoms with van der Waals surface area (Å²) >= 11 is 0. The summed E-state index contributed by atoms with van der Waals surface area (Å²) in [5, 5.41) is 0. The standard InChI is InChI=1S/C14H22F2N4/c1-9(2)8-20(10-5-3-4-6-10)14-12(16)7-11(15)13(18-14)19-17/h7,9-10H,3-6,8,17H2,1-2H3,(H,18,19). The average Bonchev–Trinajstić information content (AvgIpc) is 2.90. The molecule has 2 rings (SSSR count). The fourth-order valence-corrected chi connectivity index (χ4v) is 2.78. The van der Waals surface area contributed by atoms with E-state index < -0.39 is 11.6 Å². The highest BCUT2D eigenvalue weighted by Crippen LogP contribution is 2.31. The number of nitrogens with zero attached hydrogens (tertiary/aromatic N) is 2. The quantitative estimate of drug-likeness (QED) is 0.644. The molecule has 0 aromatic carbocycles. The molecule has 0 saturated heterocycles. The second kappa shape index (κ2) is 6.35. The molecule has 0 spiro atoms. The highest BCUT2D eigenvalue weighted by molar-refractivity contribution is 5.49. The van der Waals surface area contributed by atoms with Gasteiger partial charge in [0.15, 0.2) is 23.3 Å². The van der Waals surface area contributed by atoms with Gasteiger partial charge in [-0.15, -0.1) is 0 Å². The number of aromatic nitrogens is 1. The first kappa shape index (κ1) is 15.0. The van der Waals surface area contributed by atoms with Crippen molar-refractivity contribution < 1.29 is 8.78 Å². The number of anilines is 2. The molecule has 112 valence electrons. The molecule has 0 atom stereocenters. The second-order valence-corrected chi connectivity index (χ2v) is 5.75. The van der Waals surface area contributed by atoms with E-state index >= 15 is 0 Å². The highest BCUT2D eigenvalue weighted by Gasteiger charge is 2.27. The lowest BCUT2D eigenvalue weighted by Gasteiger charge is -2.32. The lowest BCUT2D eigenvalue weighted by atomic mass is 10.1. The predicted molar refractivity (Wildman–Crippen MR) is 76.4 cm³/mol. The van der Waals surface area contributed by atoms with Gasteiger partial charge in [-0.2, -0.15) is 0 Å². The molecule has 1 aromatic heterocycles. The Hall–Kier alpha value is -1.43. The van der Waals surface area contributed by atoms with Crippen LogP contribution in [0.1, 0.15) is 39.5 Å².